The van der Waals surface area contributed by atoms with Gasteiger partial charge >= 0.3 is 0 Å². The lowest BCUT2D eigenvalue weighted by molar-refractivity contribution is -0.134. The van der Waals surface area contributed by atoms with Gasteiger partial charge in [0.15, 0.2) is 5.78 Å². The molecule has 2 fully saturated rings. The van der Waals surface area contributed by atoms with Gasteiger partial charge in [-0.15, -0.1) is 0 Å². The average Bonchev–Trinajstić information content (AvgIpc) is 3.35. The van der Waals surface area contributed by atoms with E-state index in [2.05, 4.69) is 6.92 Å². The molecule has 0 unspecified atom stereocenters. The zero-order valence-corrected chi connectivity index (χ0v) is 21.7. The lowest BCUT2D eigenvalue weighted by Gasteiger charge is -2.37. The summed E-state index contributed by atoms with van der Waals surface area (Å²) in [5.74, 6) is -1.90. The lowest BCUT2D eigenvalue weighted by atomic mass is 9.61. The Morgan fingerprint density at radius 2 is 1.32 bits per heavy atom. The summed E-state index contributed by atoms with van der Waals surface area (Å²) in [6, 6.07) is 25.7. The van der Waals surface area contributed by atoms with E-state index in [4.69, 9.17) is 0 Å². The van der Waals surface area contributed by atoms with Crippen LogP contribution in [0, 0.1) is 36.5 Å². The van der Waals surface area contributed by atoms with Gasteiger partial charge in [-0.05, 0) is 61.1 Å². The molecular weight excluding hydrogens is 458 g/mol. The number of ketones is 1. The van der Waals surface area contributed by atoms with Crippen molar-refractivity contribution in [3.63, 3.8) is 0 Å². The monoisotopic (exact) mass is 489 g/mol. The molecule has 0 N–H and O–H groups in total. The molecule has 6 rings (SSSR count). The number of anilines is 1. The molecule has 37 heavy (non-hydrogen) atoms. The lowest BCUT2D eigenvalue weighted by Crippen LogP contribution is -2.41. The molecule has 0 spiro atoms. The van der Waals surface area contributed by atoms with E-state index in [1.807, 2.05) is 99.6 Å². The van der Waals surface area contributed by atoms with E-state index in [1.54, 1.807) is 0 Å². The summed E-state index contributed by atoms with van der Waals surface area (Å²) < 4.78 is 0. The number of allylic oxidation sites excluding steroid dienone is 2. The number of hydrogen-bond donors (Lipinski definition) is 0. The highest BCUT2D eigenvalue weighted by Gasteiger charge is 2.80. The third-order valence-corrected chi connectivity index (χ3v) is 8.91. The molecule has 4 atom stereocenters. The normalized spacial score (nSPS) is 28.4. The second-order valence-electron chi connectivity index (χ2n) is 11.0. The smallest absolute Gasteiger partial charge is 0.239 e. The number of rotatable bonds is 5. The molecule has 1 aliphatic heterocycles. The molecule has 3 aromatic rings. The van der Waals surface area contributed by atoms with E-state index in [-0.39, 0.29) is 17.6 Å². The van der Waals surface area contributed by atoms with Gasteiger partial charge in [-0.2, -0.15) is 0 Å². The Morgan fingerprint density at radius 1 is 0.757 bits per heavy atom. The van der Waals surface area contributed by atoms with Crippen molar-refractivity contribution in [2.75, 3.05) is 4.90 Å². The Kier molecular flexibility index (Phi) is 5.17. The SMILES string of the molecule is CCC[C@@]12C(=O)[C@@](C)(C(c3ccccc3)=C1c1ccccc1)[C@H]1C(=O)N(c3ccc(C)cc3C)C(=O)[C@H]12. The largest absolute Gasteiger partial charge is 0.298 e. The summed E-state index contributed by atoms with van der Waals surface area (Å²) >= 11 is 0. The van der Waals surface area contributed by atoms with Crippen LogP contribution in [0.1, 0.15) is 48.9 Å². The number of hydrogen-bond acceptors (Lipinski definition) is 3. The maximum Gasteiger partial charge on any atom is 0.239 e. The molecule has 2 bridgehead atoms. The third-order valence-electron chi connectivity index (χ3n) is 8.91. The van der Waals surface area contributed by atoms with Gasteiger partial charge in [0.05, 0.1) is 28.4 Å². The molecule has 0 radical (unpaired) electrons. The number of imide groups is 1. The van der Waals surface area contributed by atoms with Gasteiger partial charge in [0.1, 0.15) is 0 Å². The quantitative estimate of drug-likeness (QED) is 0.389. The topological polar surface area (TPSA) is 54.5 Å². The molecule has 2 amide bonds. The van der Waals surface area contributed by atoms with Crippen molar-refractivity contribution >= 4 is 34.4 Å². The van der Waals surface area contributed by atoms with Crippen LogP contribution in [0.25, 0.3) is 11.1 Å². The van der Waals surface area contributed by atoms with Crippen molar-refractivity contribution in [2.24, 2.45) is 22.7 Å². The maximum absolute atomic E-state index is 14.7. The number of nitrogens with zero attached hydrogens (tertiary/aromatic N) is 1. The minimum absolute atomic E-state index is 0.0246. The predicted octanol–water partition coefficient (Wildman–Crippen LogP) is 6.41. The van der Waals surface area contributed by atoms with Crippen molar-refractivity contribution in [3.05, 3.63) is 101 Å². The van der Waals surface area contributed by atoms with Gasteiger partial charge in [0, 0.05) is 0 Å². The highest BCUT2D eigenvalue weighted by Crippen LogP contribution is 2.75. The van der Waals surface area contributed by atoms with Crippen LogP contribution >= 0.6 is 0 Å². The number of amides is 2. The summed E-state index contributed by atoms with van der Waals surface area (Å²) in [5, 5.41) is 0. The second kappa shape index (κ2) is 8.11. The Bertz CT molecular complexity index is 1490. The summed E-state index contributed by atoms with van der Waals surface area (Å²) in [6.07, 6.45) is 1.26. The molecule has 4 nitrogen and oxygen atoms in total. The molecule has 1 saturated heterocycles. The fourth-order valence-electron chi connectivity index (χ4n) is 7.65. The highest BCUT2D eigenvalue weighted by atomic mass is 16.2. The first kappa shape index (κ1) is 23.6. The Labute approximate surface area is 218 Å². The fourth-order valence-corrected chi connectivity index (χ4v) is 7.65. The average molecular weight is 490 g/mol. The predicted molar refractivity (Wildman–Crippen MR) is 146 cm³/mol. The van der Waals surface area contributed by atoms with Crippen LogP contribution in [0.3, 0.4) is 0 Å². The first-order valence-corrected chi connectivity index (χ1v) is 13.1. The molecule has 1 saturated carbocycles. The molecule has 186 valence electrons. The van der Waals surface area contributed by atoms with Gasteiger partial charge in [0.2, 0.25) is 11.8 Å². The van der Waals surface area contributed by atoms with Crippen molar-refractivity contribution in [3.8, 4) is 0 Å². The molecule has 1 heterocycles. The number of fused-ring (bicyclic) bond motifs is 5. The number of carbonyl (C=O) groups is 3. The van der Waals surface area contributed by atoms with E-state index >= 15 is 0 Å². The van der Waals surface area contributed by atoms with E-state index in [0.29, 0.717) is 12.1 Å². The van der Waals surface area contributed by atoms with Gasteiger partial charge in [-0.3, -0.25) is 14.4 Å². The fraction of sp³-hybridized carbons (Fsp3) is 0.303. The van der Waals surface area contributed by atoms with Crippen molar-refractivity contribution in [1.82, 2.24) is 0 Å². The Hall–Kier alpha value is -3.79. The number of Topliss-reactive ketones (excluding diaryl/α,β-unsaturated/α-hetero) is 1. The minimum atomic E-state index is -1.09. The van der Waals surface area contributed by atoms with Gasteiger partial charge in [0.25, 0.3) is 0 Å². The van der Waals surface area contributed by atoms with Gasteiger partial charge < -0.3 is 0 Å². The van der Waals surface area contributed by atoms with Crippen molar-refractivity contribution < 1.29 is 14.4 Å². The van der Waals surface area contributed by atoms with E-state index in [9.17, 15) is 14.4 Å². The van der Waals surface area contributed by atoms with Crippen LogP contribution in [0.15, 0.2) is 78.9 Å². The first-order valence-electron chi connectivity index (χ1n) is 13.1. The second-order valence-corrected chi connectivity index (χ2v) is 11.0. The number of benzene rings is 3. The zero-order chi connectivity index (χ0) is 26.1. The molecular formula is C33H31NO3. The van der Waals surface area contributed by atoms with E-state index in [1.165, 1.54) is 4.90 Å². The number of aryl methyl sites for hydroxylation is 2. The van der Waals surface area contributed by atoms with Gasteiger partial charge in [-0.25, -0.2) is 4.90 Å². The van der Waals surface area contributed by atoms with Crippen LogP contribution < -0.4 is 4.90 Å². The summed E-state index contributed by atoms with van der Waals surface area (Å²) in [5.41, 5.74) is 4.18. The zero-order valence-electron chi connectivity index (χ0n) is 21.7. The number of carbonyl (C=O) groups excluding carboxylic acids is 3. The van der Waals surface area contributed by atoms with Gasteiger partial charge in [-0.1, -0.05) is 91.7 Å². The van der Waals surface area contributed by atoms with E-state index < -0.39 is 22.7 Å². The molecule has 3 aliphatic rings. The van der Waals surface area contributed by atoms with Crippen molar-refractivity contribution in [1.29, 1.82) is 0 Å². The van der Waals surface area contributed by atoms with Crippen LogP contribution in [-0.2, 0) is 14.4 Å². The van der Waals surface area contributed by atoms with E-state index in [0.717, 1.165) is 39.8 Å². The minimum Gasteiger partial charge on any atom is -0.298 e. The maximum atomic E-state index is 14.7. The Balaban J connectivity index is 1.66. The Morgan fingerprint density at radius 3 is 1.89 bits per heavy atom. The molecule has 0 aromatic heterocycles. The summed E-state index contributed by atoms with van der Waals surface area (Å²) in [4.78, 5) is 44.7. The summed E-state index contributed by atoms with van der Waals surface area (Å²) in [7, 11) is 0. The summed E-state index contributed by atoms with van der Waals surface area (Å²) in [6.45, 7) is 7.90. The first-order chi connectivity index (χ1) is 17.8. The highest BCUT2D eigenvalue weighted by molar-refractivity contribution is 6.34. The van der Waals surface area contributed by atoms with Crippen LogP contribution in [0.5, 0.6) is 0 Å². The molecule has 3 aromatic carbocycles. The van der Waals surface area contributed by atoms with Crippen molar-refractivity contribution in [2.45, 2.75) is 40.5 Å². The van der Waals surface area contributed by atoms with Crippen LogP contribution in [0.4, 0.5) is 5.69 Å². The molecule has 2 aliphatic carbocycles. The standard InChI is InChI=1S/C33H31NO3/c1-5-18-33-26(23-14-10-7-11-15-23)25(22-12-8-6-9-13-22)32(4,31(33)37)27-28(33)30(36)34(29(27)35)24-17-16-20(2)19-21(24)3/h6-17,19,27-28H,5,18H2,1-4H3/t27-,28+,32+,33-/m1/s1. The van der Waals surface area contributed by atoms with Crippen LogP contribution in [-0.4, -0.2) is 17.6 Å². The molecule has 4 heteroatoms. The third kappa shape index (κ3) is 2.87. The van der Waals surface area contributed by atoms with Crippen LogP contribution in [0.2, 0.25) is 0 Å².